The molecule has 138 valence electrons. The van der Waals surface area contributed by atoms with E-state index in [1.165, 1.54) is 0 Å². The van der Waals surface area contributed by atoms with Gasteiger partial charge in [0, 0.05) is 0 Å². The number of ether oxygens (including phenoxy) is 5. The number of carbonyl (C=O) groups excluding carboxylic acids is 2. The monoisotopic (exact) mass is 362 g/mol. The maximum Gasteiger partial charge on any atom is 0.413 e. The Kier molecular flexibility index (Phi) is 3.76. The van der Waals surface area contributed by atoms with Gasteiger partial charge in [0.2, 0.25) is 5.60 Å². The van der Waals surface area contributed by atoms with Crippen LogP contribution in [0, 0.1) is 5.41 Å². The highest BCUT2D eigenvalue weighted by Crippen LogP contribution is 2.46. The van der Waals surface area contributed by atoms with Crippen LogP contribution in [0.4, 0.5) is 4.79 Å². The molecule has 1 spiro atoms. The van der Waals surface area contributed by atoms with Crippen LogP contribution in [0.1, 0.15) is 24.2 Å². The standard InChI is InChI=1S/C17H18N2O7/c1-16(2)24-11-13(25-16)23-10(17(11)14(18)19-15(21)26-17)8-22-12(20)9-6-4-3-5-7-9/h3-7,10-11,13H,8H2,1-2H3,(H2,18,19,21). The molecule has 3 fully saturated rings. The summed E-state index contributed by atoms with van der Waals surface area (Å²) in [6, 6.07) is 8.47. The molecule has 4 unspecified atom stereocenters. The zero-order valence-electron chi connectivity index (χ0n) is 14.2. The second-order valence-electron chi connectivity index (χ2n) is 6.70. The lowest BCUT2D eigenvalue weighted by Crippen LogP contribution is -2.56. The highest BCUT2D eigenvalue weighted by atomic mass is 16.8. The molecular weight excluding hydrogens is 344 g/mol. The van der Waals surface area contributed by atoms with E-state index in [1.807, 2.05) is 0 Å². The first-order valence-electron chi connectivity index (χ1n) is 8.14. The summed E-state index contributed by atoms with van der Waals surface area (Å²) in [5.74, 6) is -1.71. The number of nitrogens with one attached hydrogen (secondary N) is 2. The van der Waals surface area contributed by atoms with E-state index in [2.05, 4.69) is 5.32 Å². The Hall–Kier alpha value is -2.49. The Bertz CT molecular complexity index is 766. The van der Waals surface area contributed by atoms with Crippen molar-refractivity contribution in [3.8, 4) is 0 Å². The quantitative estimate of drug-likeness (QED) is 0.776. The third-order valence-corrected chi connectivity index (χ3v) is 4.51. The van der Waals surface area contributed by atoms with Crippen LogP contribution < -0.4 is 5.32 Å². The molecular formula is C17H18N2O7. The van der Waals surface area contributed by atoms with Gasteiger partial charge < -0.3 is 23.7 Å². The molecule has 1 amide bonds. The van der Waals surface area contributed by atoms with E-state index in [0.29, 0.717) is 5.56 Å². The van der Waals surface area contributed by atoms with Gasteiger partial charge in [-0.3, -0.25) is 10.7 Å². The molecule has 0 aromatic heterocycles. The molecule has 9 nitrogen and oxygen atoms in total. The number of amidine groups is 1. The van der Waals surface area contributed by atoms with E-state index in [-0.39, 0.29) is 12.4 Å². The number of hydrogen-bond acceptors (Lipinski definition) is 8. The van der Waals surface area contributed by atoms with E-state index < -0.39 is 41.9 Å². The average Bonchev–Trinajstić information content (AvgIpc) is 3.16. The van der Waals surface area contributed by atoms with E-state index >= 15 is 0 Å². The molecule has 3 heterocycles. The molecule has 2 N–H and O–H groups in total. The summed E-state index contributed by atoms with van der Waals surface area (Å²) in [4.78, 5) is 23.9. The van der Waals surface area contributed by atoms with Crippen LogP contribution in [0.25, 0.3) is 0 Å². The molecule has 0 saturated carbocycles. The maximum absolute atomic E-state index is 12.2. The average molecular weight is 362 g/mol. The molecule has 4 rings (SSSR count). The first-order valence-corrected chi connectivity index (χ1v) is 8.14. The molecule has 0 bridgehead atoms. The summed E-state index contributed by atoms with van der Waals surface area (Å²) >= 11 is 0. The lowest BCUT2D eigenvalue weighted by Gasteiger charge is -2.31. The first-order chi connectivity index (χ1) is 12.3. The van der Waals surface area contributed by atoms with Crippen molar-refractivity contribution < 1.29 is 33.3 Å². The van der Waals surface area contributed by atoms with Crippen LogP contribution in [0.15, 0.2) is 30.3 Å². The predicted molar refractivity (Wildman–Crippen MR) is 85.5 cm³/mol. The summed E-state index contributed by atoms with van der Waals surface area (Å²) in [5, 5.41) is 10.5. The van der Waals surface area contributed by atoms with Crippen LogP contribution >= 0.6 is 0 Å². The van der Waals surface area contributed by atoms with Gasteiger partial charge in [-0.15, -0.1) is 0 Å². The number of esters is 1. The van der Waals surface area contributed by atoms with Gasteiger partial charge in [-0.05, 0) is 26.0 Å². The van der Waals surface area contributed by atoms with Crippen molar-refractivity contribution >= 4 is 17.9 Å². The number of hydrogen-bond donors (Lipinski definition) is 2. The number of alkyl carbamates (subject to hydrolysis) is 1. The van der Waals surface area contributed by atoms with Gasteiger partial charge in [0.05, 0.1) is 5.56 Å². The summed E-state index contributed by atoms with van der Waals surface area (Å²) in [6.45, 7) is 3.16. The summed E-state index contributed by atoms with van der Waals surface area (Å²) in [5.41, 5.74) is -1.17. The predicted octanol–water partition coefficient (Wildman–Crippen LogP) is 1.18. The maximum atomic E-state index is 12.2. The third kappa shape index (κ3) is 2.56. The summed E-state index contributed by atoms with van der Waals surface area (Å²) < 4.78 is 27.9. The van der Waals surface area contributed by atoms with Gasteiger partial charge >= 0.3 is 12.1 Å². The van der Waals surface area contributed by atoms with Crippen LogP contribution in [0.3, 0.4) is 0 Å². The van der Waals surface area contributed by atoms with E-state index in [1.54, 1.807) is 44.2 Å². The van der Waals surface area contributed by atoms with Crippen molar-refractivity contribution in [2.75, 3.05) is 6.61 Å². The zero-order chi connectivity index (χ0) is 18.5. The second-order valence-corrected chi connectivity index (χ2v) is 6.70. The molecule has 26 heavy (non-hydrogen) atoms. The fourth-order valence-electron chi connectivity index (χ4n) is 3.39. The van der Waals surface area contributed by atoms with Gasteiger partial charge in [0.25, 0.3) is 0 Å². The van der Waals surface area contributed by atoms with Crippen LogP contribution in [-0.2, 0) is 23.7 Å². The Morgan fingerprint density at radius 1 is 1.27 bits per heavy atom. The van der Waals surface area contributed by atoms with E-state index in [0.717, 1.165) is 0 Å². The van der Waals surface area contributed by atoms with Gasteiger partial charge in [-0.25, -0.2) is 9.59 Å². The SMILES string of the molecule is CC1(C)OC2OC(COC(=O)c3ccccc3)C3(OC(=O)NC3=N)C2O1. The molecule has 3 saturated heterocycles. The topological polar surface area (TPSA) is 116 Å². The number of carbonyl (C=O) groups is 2. The van der Waals surface area contributed by atoms with Crippen molar-refractivity contribution in [2.24, 2.45) is 0 Å². The van der Waals surface area contributed by atoms with Crippen molar-refractivity contribution in [3.05, 3.63) is 35.9 Å². The molecule has 0 aliphatic carbocycles. The van der Waals surface area contributed by atoms with Crippen molar-refractivity contribution in [2.45, 2.75) is 43.7 Å². The normalized spacial score (nSPS) is 34.5. The lowest BCUT2D eigenvalue weighted by molar-refractivity contribution is -0.223. The third-order valence-electron chi connectivity index (χ3n) is 4.51. The second kappa shape index (κ2) is 5.76. The van der Waals surface area contributed by atoms with Gasteiger partial charge in [-0.2, -0.15) is 0 Å². The largest absolute Gasteiger partial charge is 0.459 e. The molecule has 9 heteroatoms. The van der Waals surface area contributed by atoms with E-state index in [4.69, 9.17) is 29.1 Å². The van der Waals surface area contributed by atoms with Crippen LogP contribution in [-0.4, -0.2) is 54.4 Å². The minimum Gasteiger partial charge on any atom is -0.459 e. The Labute approximate surface area is 149 Å². The number of fused-ring (bicyclic) bond motifs is 2. The summed E-state index contributed by atoms with van der Waals surface area (Å²) in [6.07, 6.45) is -3.41. The van der Waals surface area contributed by atoms with Crippen molar-refractivity contribution in [1.82, 2.24) is 5.32 Å². The first kappa shape index (κ1) is 17.0. The van der Waals surface area contributed by atoms with Crippen LogP contribution in [0.5, 0.6) is 0 Å². The molecule has 0 radical (unpaired) electrons. The molecule has 1 aromatic rings. The molecule has 4 atom stereocenters. The molecule has 3 aliphatic rings. The lowest BCUT2D eigenvalue weighted by atomic mass is 9.91. The minimum absolute atomic E-state index is 0.211. The van der Waals surface area contributed by atoms with E-state index in [9.17, 15) is 9.59 Å². The highest BCUT2D eigenvalue weighted by molar-refractivity contribution is 6.05. The number of rotatable bonds is 3. The number of benzene rings is 1. The highest BCUT2D eigenvalue weighted by Gasteiger charge is 2.71. The Morgan fingerprint density at radius 2 is 2.00 bits per heavy atom. The van der Waals surface area contributed by atoms with Crippen LogP contribution in [0.2, 0.25) is 0 Å². The van der Waals surface area contributed by atoms with Crippen molar-refractivity contribution in [3.63, 3.8) is 0 Å². The van der Waals surface area contributed by atoms with Gasteiger partial charge in [-0.1, -0.05) is 18.2 Å². The van der Waals surface area contributed by atoms with Crippen molar-refractivity contribution in [1.29, 1.82) is 5.41 Å². The minimum atomic E-state index is -1.55. The number of amides is 1. The summed E-state index contributed by atoms with van der Waals surface area (Å²) in [7, 11) is 0. The molecule has 1 aromatic carbocycles. The zero-order valence-corrected chi connectivity index (χ0v) is 14.2. The Balaban J connectivity index is 1.55. The molecule has 3 aliphatic heterocycles. The smallest absolute Gasteiger partial charge is 0.413 e. The van der Waals surface area contributed by atoms with Gasteiger partial charge in [0.1, 0.15) is 12.7 Å². The fraction of sp³-hybridized carbons (Fsp3) is 0.471. The Morgan fingerprint density at radius 3 is 2.65 bits per heavy atom. The van der Waals surface area contributed by atoms with Gasteiger partial charge in [0.15, 0.2) is 24.0 Å². The fourth-order valence-corrected chi connectivity index (χ4v) is 3.39.